The van der Waals surface area contributed by atoms with Crippen LogP contribution in [0.5, 0.6) is 0 Å². The normalized spacial score (nSPS) is 10.7. The minimum Gasteiger partial charge on any atom is -0.478 e. The molecule has 0 atom stereocenters. The van der Waals surface area contributed by atoms with Gasteiger partial charge < -0.3 is 10.8 Å². The predicted octanol–water partition coefficient (Wildman–Crippen LogP) is 3.06. The van der Waals surface area contributed by atoms with Gasteiger partial charge in [0.05, 0.1) is 16.0 Å². The molecular weight excluding hydrogens is 286 g/mol. The van der Waals surface area contributed by atoms with Gasteiger partial charge in [-0.1, -0.05) is 36.0 Å². The second-order valence-electron chi connectivity index (χ2n) is 4.33. The number of nitrogens with two attached hydrogens (primary N) is 1. The van der Waals surface area contributed by atoms with E-state index in [4.69, 9.17) is 5.73 Å². The van der Waals surface area contributed by atoms with Crippen molar-refractivity contribution in [1.82, 2.24) is 9.97 Å². The Hall–Kier alpha value is -2.60. The lowest BCUT2D eigenvalue weighted by Gasteiger charge is -2.09. The number of hydrogen-bond donors (Lipinski definition) is 2. The quantitative estimate of drug-likeness (QED) is 0.570. The fourth-order valence-electron chi connectivity index (χ4n) is 2.00. The van der Waals surface area contributed by atoms with Gasteiger partial charge in [-0.2, -0.15) is 0 Å². The molecule has 5 nitrogen and oxygen atoms in total. The highest BCUT2D eigenvalue weighted by Crippen LogP contribution is 2.36. The molecular formula is C15H11N3O2S. The third-order valence-corrected chi connectivity index (χ3v) is 4.16. The first kappa shape index (κ1) is 13.4. The van der Waals surface area contributed by atoms with Gasteiger partial charge in [0, 0.05) is 11.1 Å². The monoisotopic (exact) mass is 297 g/mol. The maximum absolute atomic E-state index is 11.3. The molecule has 0 aliphatic rings. The molecule has 1 aromatic heterocycles. The van der Waals surface area contributed by atoms with Crippen LogP contribution in [0.3, 0.4) is 0 Å². The summed E-state index contributed by atoms with van der Waals surface area (Å²) in [5.74, 6) is -1.01. The molecule has 0 aliphatic carbocycles. The number of carboxylic acids is 1. The molecule has 3 rings (SSSR count). The minimum absolute atomic E-state index is 0.169. The van der Waals surface area contributed by atoms with Gasteiger partial charge in [-0.15, -0.1) is 0 Å². The van der Waals surface area contributed by atoms with Crippen molar-refractivity contribution in [3.05, 3.63) is 54.4 Å². The predicted molar refractivity (Wildman–Crippen MR) is 81.5 cm³/mol. The Labute approximate surface area is 124 Å². The fraction of sp³-hybridized carbons (Fsp3) is 0. The van der Waals surface area contributed by atoms with Crippen LogP contribution in [0.1, 0.15) is 10.4 Å². The third kappa shape index (κ3) is 2.53. The van der Waals surface area contributed by atoms with Crippen molar-refractivity contribution >= 4 is 34.3 Å². The smallest absolute Gasteiger partial charge is 0.336 e. The van der Waals surface area contributed by atoms with Crippen LogP contribution in [0.25, 0.3) is 10.9 Å². The van der Waals surface area contributed by atoms with E-state index in [1.165, 1.54) is 24.2 Å². The molecule has 0 aliphatic heterocycles. The molecule has 0 radical (unpaired) electrons. The molecule has 0 fully saturated rings. The number of para-hydroxylation sites is 1. The van der Waals surface area contributed by atoms with Gasteiger partial charge in [0.15, 0.2) is 0 Å². The summed E-state index contributed by atoms with van der Waals surface area (Å²) in [6.45, 7) is 0. The van der Waals surface area contributed by atoms with Crippen molar-refractivity contribution in [1.29, 1.82) is 0 Å². The maximum atomic E-state index is 11.3. The van der Waals surface area contributed by atoms with Crippen molar-refractivity contribution < 1.29 is 9.90 Å². The number of nitrogens with zero attached hydrogens (tertiary/aromatic N) is 2. The average Bonchev–Trinajstić information content (AvgIpc) is 2.49. The molecule has 2 aromatic carbocycles. The van der Waals surface area contributed by atoms with Crippen LogP contribution in [0.2, 0.25) is 0 Å². The van der Waals surface area contributed by atoms with E-state index in [2.05, 4.69) is 9.97 Å². The molecule has 0 bridgehead atoms. The summed E-state index contributed by atoms with van der Waals surface area (Å²) in [7, 11) is 0. The first-order valence-electron chi connectivity index (χ1n) is 6.16. The van der Waals surface area contributed by atoms with Gasteiger partial charge in [0.1, 0.15) is 11.4 Å². The van der Waals surface area contributed by atoms with Crippen LogP contribution in [0.4, 0.5) is 5.69 Å². The zero-order valence-electron chi connectivity index (χ0n) is 10.9. The van der Waals surface area contributed by atoms with Gasteiger partial charge in [-0.25, -0.2) is 14.8 Å². The maximum Gasteiger partial charge on any atom is 0.336 e. The first-order chi connectivity index (χ1) is 10.2. The van der Waals surface area contributed by atoms with E-state index < -0.39 is 5.97 Å². The Morgan fingerprint density at radius 1 is 1.10 bits per heavy atom. The highest BCUT2D eigenvalue weighted by atomic mass is 32.2. The molecule has 0 spiro atoms. The largest absolute Gasteiger partial charge is 0.478 e. The lowest BCUT2D eigenvalue weighted by atomic mass is 10.2. The number of hydrogen-bond acceptors (Lipinski definition) is 5. The van der Waals surface area contributed by atoms with Crippen molar-refractivity contribution in [2.75, 3.05) is 5.73 Å². The lowest BCUT2D eigenvalue weighted by molar-refractivity contribution is 0.0693. The lowest BCUT2D eigenvalue weighted by Crippen LogP contribution is -2.02. The number of carbonyl (C=O) groups is 1. The molecule has 21 heavy (non-hydrogen) atoms. The Morgan fingerprint density at radius 2 is 1.90 bits per heavy atom. The van der Waals surface area contributed by atoms with Crippen molar-refractivity contribution in [2.24, 2.45) is 0 Å². The second kappa shape index (κ2) is 5.41. The summed E-state index contributed by atoms with van der Waals surface area (Å²) in [6.07, 6.45) is 1.46. The van der Waals surface area contributed by atoms with Crippen LogP contribution < -0.4 is 5.73 Å². The molecule has 3 aromatic rings. The van der Waals surface area contributed by atoms with E-state index in [1.54, 1.807) is 12.1 Å². The van der Waals surface area contributed by atoms with Crippen molar-refractivity contribution in [3.8, 4) is 0 Å². The molecule has 0 unspecified atom stereocenters. The number of aromatic carboxylic acids is 1. The number of aromatic nitrogens is 2. The van der Waals surface area contributed by atoms with Gasteiger partial charge in [0.25, 0.3) is 0 Å². The Balaban J connectivity index is 2.13. The summed E-state index contributed by atoms with van der Waals surface area (Å²) in [5.41, 5.74) is 7.32. The van der Waals surface area contributed by atoms with Gasteiger partial charge in [-0.3, -0.25) is 0 Å². The van der Waals surface area contributed by atoms with Gasteiger partial charge in [0.2, 0.25) is 0 Å². The van der Waals surface area contributed by atoms with E-state index >= 15 is 0 Å². The second-order valence-corrected chi connectivity index (χ2v) is 5.33. The minimum atomic E-state index is -1.01. The van der Waals surface area contributed by atoms with E-state index in [1.807, 2.05) is 24.3 Å². The number of nitrogen functional groups attached to an aromatic ring is 1. The molecule has 0 amide bonds. The van der Waals surface area contributed by atoms with Crippen LogP contribution in [0.15, 0.2) is 58.7 Å². The van der Waals surface area contributed by atoms with Gasteiger partial charge in [-0.05, 0) is 18.2 Å². The SMILES string of the molecule is Nc1cccc(C(=O)O)c1Sc1ncnc2ccccc12. The molecule has 0 saturated heterocycles. The Bertz CT molecular complexity index is 831. The summed E-state index contributed by atoms with van der Waals surface area (Å²) in [5, 5.41) is 10.8. The number of anilines is 1. The molecule has 0 saturated carbocycles. The van der Waals surface area contributed by atoms with Crippen molar-refractivity contribution in [2.45, 2.75) is 9.92 Å². The van der Waals surface area contributed by atoms with Crippen LogP contribution in [0, 0.1) is 0 Å². The molecule has 6 heteroatoms. The van der Waals surface area contributed by atoms with Crippen LogP contribution in [-0.2, 0) is 0 Å². The van der Waals surface area contributed by atoms with E-state index in [0.717, 1.165) is 10.9 Å². The zero-order valence-corrected chi connectivity index (χ0v) is 11.7. The first-order valence-corrected chi connectivity index (χ1v) is 6.98. The van der Waals surface area contributed by atoms with E-state index in [9.17, 15) is 9.90 Å². The standard InChI is InChI=1S/C15H11N3O2S/c16-11-6-3-5-10(15(19)20)13(11)21-14-9-4-1-2-7-12(9)17-8-18-14/h1-8H,16H2,(H,19,20). The summed E-state index contributed by atoms with van der Waals surface area (Å²) >= 11 is 1.24. The van der Waals surface area contributed by atoms with Crippen LogP contribution >= 0.6 is 11.8 Å². The molecule has 104 valence electrons. The summed E-state index contributed by atoms with van der Waals surface area (Å²) < 4.78 is 0. The van der Waals surface area contributed by atoms with E-state index in [-0.39, 0.29) is 5.56 Å². The van der Waals surface area contributed by atoms with Gasteiger partial charge >= 0.3 is 5.97 Å². The van der Waals surface area contributed by atoms with Crippen molar-refractivity contribution in [3.63, 3.8) is 0 Å². The highest BCUT2D eigenvalue weighted by molar-refractivity contribution is 7.99. The Morgan fingerprint density at radius 3 is 2.71 bits per heavy atom. The summed E-state index contributed by atoms with van der Waals surface area (Å²) in [4.78, 5) is 20.3. The number of fused-ring (bicyclic) bond motifs is 1. The summed E-state index contributed by atoms with van der Waals surface area (Å²) in [6, 6.07) is 12.4. The third-order valence-electron chi connectivity index (χ3n) is 2.98. The zero-order chi connectivity index (χ0) is 14.8. The highest BCUT2D eigenvalue weighted by Gasteiger charge is 2.15. The number of rotatable bonds is 3. The molecule has 3 N–H and O–H groups in total. The number of benzene rings is 2. The topological polar surface area (TPSA) is 89.1 Å². The Kier molecular flexibility index (Phi) is 3.45. The van der Waals surface area contributed by atoms with E-state index in [0.29, 0.717) is 15.6 Å². The fourth-order valence-corrected chi connectivity index (χ4v) is 3.02. The van der Waals surface area contributed by atoms with Crippen LogP contribution in [-0.4, -0.2) is 21.0 Å². The average molecular weight is 297 g/mol. The molecule has 1 heterocycles. The number of carboxylic acid groups (broad SMARTS) is 1.